The van der Waals surface area contributed by atoms with E-state index in [9.17, 15) is 14.4 Å². The summed E-state index contributed by atoms with van der Waals surface area (Å²) < 4.78 is 2.41. The Bertz CT molecular complexity index is 921. The largest absolute Gasteiger partial charge is 0.330 e. The molecule has 25 heavy (non-hydrogen) atoms. The summed E-state index contributed by atoms with van der Waals surface area (Å²) in [6.45, 7) is 0.347. The highest BCUT2D eigenvalue weighted by Gasteiger charge is 2.12. The summed E-state index contributed by atoms with van der Waals surface area (Å²) >= 11 is 11.7. The molecular formula is C16H18Cl2N4O3. The molecule has 1 heterocycles. The van der Waals surface area contributed by atoms with Gasteiger partial charge in [0.1, 0.15) is 0 Å². The van der Waals surface area contributed by atoms with Gasteiger partial charge in [-0.1, -0.05) is 23.2 Å². The van der Waals surface area contributed by atoms with Crippen LogP contribution in [0.15, 0.2) is 33.9 Å². The first-order chi connectivity index (χ1) is 11.7. The number of aromatic nitrogens is 2. The van der Waals surface area contributed by atoms with Crippen LogP contribution in [-0.4, -0.2) is 33.5 Å². The number of hydrogen-bond acceptors (Lipinski definition) is 4. The molecule has 0 unspecified atom stereocenters. The van der Waals surface area contributed by atoms with E-state index in [2.05, 4.69) is 5.32 Å². The smallest absolute Gasteiger partial charge is 0.325 e. The van der Waals surface area contributed by atoms with Crippen molar-refractivity contribution in [3.8, 4) is 0 Å². The van der Waals surface area contributed by atoms with Crippen LogP contribution in [0.3, 0.4) is 0 Å². The normalized spacial score (nSPS) is 11.0. The lowest BCUT2D eigenvalue weighted by Crippen LogP contribution is -2.40. The summed E-state index contributed by atoms with van der Waals surface area (Å²) in [5.74, 6) is -0.255. The Kier molecular flexibility index (Phi) is 6.05. The number of benzene rings is 1. The van der Waals surface area contributed by atoms with E-state index in [0.29, 0.717) is 21.4 Å². The van der Waals surface area contributed by atoms with Crippen molar-refractivity contribution in [2.24, 2.45) is 14.1 Å². The maximum atomic E-state index is 12.1. The predicted molar refractivity (Wildman–Crippen MR) is 98.3 cm³/mol. The summed E-state index contributed by atoms with van der Waals surface area (Å²) in [5.41, 5.74) is 0.273. The second-order valence-electron chi connectivity index (χ2n) is 5.72. The summed E-state index contributed by atoms with van der Waals surface area (Å²) in [7, 11) is 4.72. The average Bonchev–Trinajstić information content (AvgIpc) is 2.54. The molecule has 0 fully saturated rings. The Balaban J connectivity index is 2.04. The zero-order valence-corrected chi connectivity index (χ0v) is 15.6. The van der Waals surface area contributed by atoms with Crippen molar-refractivity contribution in [2.45, 2.75) is 6.54 Å². The molecule has 9 heteroatoms. The molecule has 0 aliphatic heterocycles. The molecule has 0 aliphatic rings. The molecule has 0 spiro atoms. The number of halogens is 2. The molecular weight excluding hydrogens is 367 g/mol. The van der Waals surface area contributed by atoms with Crippen LogP contribution in [0, 0.1) is 0 Å². The second-order valence-corrected chi connectivity index (χ2v) is 6.54. The van der Waals surface area contributed by atoms with Gasteiger partial charge in [0.25, 0.3) is 5.56 Å². The predicted octanol–water partition coefficient (Wildman–Crippen LogP) is 1.46. The third kappa shape index (κ3) is 4.72. The van der Waals surface area contributed by atoms with Gasteiger partial charge in [0.05, 0.1) is 16.6 Å². The van der Waals surface area contributed by atoms with Crippen LogP contribution >= 0.6 is 23.2 Å². The van der Waals surface area contributed by atoms with Crippen LogP contribution in [0.4, 0.5) is 5.69 Å². The van der Waals surface area contributed by atoms with Crippen molar-refractivity contribution in [3.05, 3.63) is 60.8 Å². The fourth-order valence-electron chi connectivity index (χ4n) is 2.28. The average molecular weight is 385 g/mol. The molecule has 1 aromatic carbocycles. The zero-order chi connectivity index (χ0) is 18.7. The van der Waals surface area contributed by atoms with Gasteiger partial charge in [0.2, 0.25) is 5.91 Å². The molecule has 0 radical (unpaired) electrons. The maximum Gasteiger partial charge on any atom is 0.330 e. The molecule has 0 atom stereocenters. The van der Waals surface area contributed by atoms with Crippen LogP contribution in [0.5, 0.6) is 0 Å². The lowest BCUT2D eigenvalue weighted by atomic mass is 10.3. The highest BCUT2D eigenvalue weighted by Crippen LogP contribution is 2.24. The van der Waals surface area contributed by atoms with E-state index in [4.69, 9.17) is 23.2 Å². The van der Waals surface area contributed by atoms with Gasteiger partial charge in [0.15, 0.2) is 0 Å². The Morgan fingerprint density at radius 3 is 2.44 bits per heavy atom. The second kappa shape index (κ2) is 7.86. The summed E-state index contributed by atoms with van der Waals surface area (Å²) in [6, 6.07) is 6.19. The molecule has 2 rings (SSSR count). The van der Waals surface area contributed by atoms with Crippen molar-refractivity contribution in [3.63, 3.8) is 0 Å². The standard InChI is InChI=1S/C16H18Cl2N4O3/c1-20(8-11-7-15(24)22(3)16(25)21(11)2)9-14(23)19-10-4-5-12(17)13(18)6-10/h4-7H,8-9H2,1-3H3,(H,19,23). The number of nitrogens with zero attached hydrogens (tertiary/aromatic N) is 3. The van der Waals surface area contributed by atoms with E-state index in [0.717, 1.165) is 4.57 Å². The topological polar surface area (TPSA) is 76.3 Å². The Labute approximate surface area is 154 Å². The van der Waals surface area contributed by atoms with Crippen LogP contribution in [0.25, 0.3) is 0 Å². The molecule has 1 aromatic heterocycles. The van der Waals surface area contributed by atoms with Gasteiger partial charge in [-0.25, -0.2) is 4.79 Å². The highest BCUT2D eigenvalue weighted by atomic mass is 35.5. The highest BCUT2D eigenvalue weighted by molar-refractivity contribution is 6.42. The molecule has 0 aliphatic carbocycles. The zero-order valence-electron chi connectivity index (χ0n) is 14.0. The maximum absolute atomic E-state index is 12.1. The van der Waals surface area contributed by atoms with Crippen molar-refractivity contribution < 1.29 is 4.79 Å². The van der Waals surface area contributed by atoms with Gasteiger partial charge < -0.3 is 5.32 Å². The minimum absolute atomic E-state index is 0.0731. The van der Waals surface area contributed by atoms with E-state index >= 15 is 0 Å². The minimum atomic E-state index is -0.406. The quantitative estimate of drug-likeness (QED) is 0.846. The van der Waals surface area contributed by atoms with Gasteiger partial charge in [0, 0.05) is 38.1 Å². The van der Waals surface area contributed by atoms with E-state index in [1.54, 1.807) is 37.2 Å². The lowest BCUT2D eigenvalue weighted by Gasteiger charge is -2.18. The Morgan fingerprint density at radius 1 is 1.12 bits per heavy atom. The third-order valence-corrected chi connectivity index (χ3v) is 4.41. The molecule has 0 saturated carbocycles. The van der Waals surface area contributed by atoms with Gasteiger partial charge in [-0.05, 0) is 25.2 Å². The van der Waals surface area contributed by atoms with E-state index in [1.807, 2.05) is 0 Å². The molecule has 2 aromatic rings. The SMILES string of the molecule is CN(CC(=O)Nc1ccc(Cl)c(Cl)c1)Cc1cc(=O)n(C)c(=O)n1C. The third-order valence-electron chi connectivity index (χ3n) is 3.67. The summed E-state index contributed by atoms with van der Waals surface area (Å²) in [4.78, 5) is 37.5. The Hall–Kier alpha value is -2.09. The summed E-state index contributed by atoms with van der Waals surface area (Å²) in [5, 5.41) is 3.47. The first kappa shape index (κ1) is 19.2. The first-order valence-electron chi connectivity index (χ1n) is 7.38. The molecule has 1 N–H and O–H groups in total. The minimum Gasteiger partial charge on any atom is -0.325 e. The molecule has 1 amide bonds. The fraction of sp³-hybridized carbons (Fsp3) is 0.312. The lowest BCUT2D eigenvalue weighted by molar-refractivity contribution is -0.117. The van der Waals surface area contributed by atoms with Crippen molar-refractivity contribution in [1.82, 2.24) is 14.0 Å². The van der Waals surface area contributed by atoms with Crippen LogP contribution in [0.2, 0.25) is 10.0 Å². The fourth-order valence-corrected chi connectivity index (χ4v) is 2.58. The molecule has 0 saturated heterocycles. The van der Waals surface area contributed by atoms with Crippen LogP contribution in [-0.2, 0) is 25.4 Å². The van der Waals surface area contributed by atoms with Crippen molar-refractivity contribution in [2.75, 3.05) is 18.9 Å². The number of nitrogens with one attached hydrogen (secondary N) is 1. The van der Waals surface area contributed by atoms with Gasteiger partial charge >= 0.3 is 5.69 Å². The van der Waals surface area contributed by atoms with Crippen LogP contribution in [0.1, 0.15) is 5.69 Å². The molecule has 0 bridgehead atoms. The Morgan fingerprint density at radius 2 is 1.80 bits per heavy atom. The molecule has 7 nitrogen and oxygen atoms in total. The molecule has 134 valence electrons. The van der Waals surface area contributed by atoms with Crippen molar-refractivity contribution >= 4 is 34.8 Å². The van der Waals surface area contributed by atoms with E-state index in [-0.39, 0.29) is 24.6 Å². The number of rotatable bonds is 5. The van der Waals surface area contributed by atoms with E-state index < -0.39 is 5.69 Å². The number of carbonyl (C=O) groups excluding carboxylic acids is 1. The number of amides is 1. The monoisotopic (exact) mass is 384 g/mol. The number of hydrogen-bond donors (Lipinski definition) is 1. The summed E-state index contributed by atoms with van der Waals surface area (Å²) in [6.07, 6.45) is 0. The number of anilines is 1. The van der Waals surface area contributed by atoms with Gasteiger partial charge in [-0.15, -0.1) is 0 Å². The van der Waals surface area contributed by atoms with E-state index in [1.165, 1.54) is 17.7 Å². The number of likely N-dealkylation sites (N-methyl/N-ethyl adjacent to an activating group) is 1. The van der Waals surface area contributed by atoms with Crippen LogP contribution < -0.4 is 16.6 Å². The van der Waals surface area contributed by atoms with Gasteiger partial charge in [-0.2, -0.15) is 0 Å². The number of carbonyl (C=O) groups is 1. The van der Waals surface area contributed by atoms with Gasteiger partial charge in [-0.3, -0.25) is 23.6 Å². The van der Waals surface area contributed by atoms with Crippen molar-refractivity contribution in [1.29, 1.82) is 0 Å². The first-order valence-corrected chi connectivity index (χ1v) is 8.14.